The molecule has 0 spiro atoms. The molecular weight excluding hydrogens is 402 g/mol. The molecular formula is C23H24ClN3O3. The number of aromatic nitrogens is 2. The van der Waals surface area contributed by atoms with Gasteiger partial charge in [0.1, 0.15) is 5.75 Å². The van der Waals surface area contributed by atoms with Crippen molar-refractivity contribution < 1.29 is 14.6 Å². The van der Waals surface area contributed by atoms with E-state index in [-0.39, 0.29) is 18.4 Å². The number of ether oxygens (including phenoxy) is 1. The summed E-state index contributed by atoms with van der Waals surface area (Å²) in [5.74, 6) is 0.656. The van der Waals surface area contributed by atoms with Gasteiger partial charge < -0.3 is 14.7 Å². The Balaban J connectivity index is 1.54. The maximum absolute atomic E-state index is 13.1. The molecule has 1 saturated heterocycles. The number of carbonyl (C=O) groups is 1. The number of piperidine rings is 1. The second kappa shape index (κ2) is 8.90. The number of aliphatic hydroxyl groups is 1. The van der Waals surface area contributed by atoms with Crippen LogP contribution in [-0.2, 0) is 6.61 Å². The lowest BCUT2D eigenvalue weighted by atomic mass is 9.90. The normalized spacial score (nSPS) is 14.7. The molecule has 6 nitrogen and oxygen atoms in total. The molecule has 1 aliphatic rings. The minimum Gasteiger partial charge on any atom is -0.496 e. The van der Waals surface area contributed by atoms with Crippen LogP contribution in [0, 0.1) is 0 Å². The minimum absolute atomic E-state index is 0.0545. The van der Waals surface area contributed by atoms with Gasteiger partial charge in [0.05, 0.1) is 36.9 Å². The van der Waals surface area contributed by atoms with Crippen molar-refractivity contribution in [2.75, 3.05) is 20.2 Å². The van der Waals surface area contributed by atoms with E-state index in [9.17, 15) is 9.90 Å². The summed E-state index contributed by atoms with van der Waals surface area (Å²) in [5.41, 5.74) is 3.31. The van der Waals surface area contributed by atoms with E-state index < -0.39 is 0 Å². The zero-order valence-corrected chi connectivity index (χ0v) is 17.5. The van der Waals surface area contributed by atoms with Crippen LogP contribution >= 0.6 is 11.6 Å². The zero-order valence-electron chi connectivity index (χ0n) is 16.8. The molecule has 2 aromatic carbocycles. The Labute approximate surface area is 180 Å². The Morgan fingerprint density at radius 1 is 1.20 bits per heavy atom. The van der Waals surface area contributed by atoms with Crippen LogP contribution in [0.1, 0.15) is 40.4 Å². The molecule has 156 valence electrons. The van der Waals surface area contributed by atoms with E-state index in [0.717, 1.165) is 29.8 Å². The quantitative estimate of drug-likeness (QED) is 0.669. The van der Waals surface area contributed by atoms with Crippen molar-refractivity contribution in [3.05, 3.63) is 76.6 Å². The predicted octanol–water partition coefficient (Wildman–Crippen LogP) is 4.05. The number of rotatable bonds is 5. The van der Waals surface area contributed by atoms with Crippen LogP contribution in [0.4, 0.5) is 0 Å². The van der Waals surface area contributed by atoms with E-state index in [1.165, 1.54) is 0 Å². The second-order valence-corrected chi connectivity index (χ2v) is 7.81. The number of aliphatic hydroxyl groups excluding tert-OH is 1. The van der Waals surface area contributed by atoms with Crippen LogP contribution in [0.15, 0.2) is 54.7 Å². The minimum atomic E-state index is -0.0771. The third-order valence-corrected chi connectivity index (χ3v) is 5.85. The molecule has 0 saturated carbocycles. The topological polar surface area (TPSA) is 67.6 Å². The van der Waals surface area contributed by atoms with Gasteiger partial charge in [-0.05, 0) is 43.2 Å². The maximum Gasteiger partial charge on any atom is 0.257 e. The average Bonchev–Trinajstić information content (AvgIpc) is 3.23. The first-order valence-electron chi connectivity index (χ1n) is 9.98. The standard InChI is InChI=1S/C23H24ClN3O3/c1-30-21-8-7-18(24)13-20(21)23(29)26-11-9-16(10-12-26)22-17(15-28)14-25-27(22)19-5-3-2-4-6-19/h2-8,13-14,16,28H,9-12,15H2,1H3. The number of carbonyl (C=O) groups excluding carboxylic acids is 1. The van der Waals surface area contributed by atoms with Gasteiger partial charge in [0.2, 0.25) is 0 Å². The molecule has 1 aromatic heterocycles. The SMILES string of the molecule is COc1ccc(Cl)cc1C(=O)N1CCC(c2c(CO)cnn2-c2ccccc2)CC1. The Morgan fingerprint density at radius 3 is 2.60 bits per heavy atom. The smallest absolute Gasteiger partial charge is 0.257 e. The summed E-state index contributed by atoms with van der Waals surface area (Å²) in [7, 11) is 1.55. The molecule has 7 heteroatoms. The van der Waals surface area contributed by atoms with Gasteiger partial charge in [-0.3, -0.25) is 4.79 Å². The third kappa shape index (κ3) is 3.93. The van der Waals surface area contributed by atoms with Crippen LogP contribution < -0.4 is 4.74 Å². The lowest BCUT2D eigenvalue weighted by Crippen LogP contribution is -2.38. The Kier molecular flexibility index (Phi) is 6.06. The highest BCUT2D eigenvalue weighted by atomic mass is 35.5. The number of hydrogen-bond donors (Lipinski definition) is 1. The molecule has 4 rings (SSSR count). The third-order valence-electron chi connectivity index (χ3n) is 5.62. The van der Waals surface area contributed by atoms with E-state index in [2.05, 4.69) is 5.10 Å². The zero-order chi connectivity index (χ0) is 21.1. The molecule has 30 heavy (non-hydrogen) atoms. The largest absolute Gasteiger partial charge is 0.496 e. The number of benzene rings is 2. The lowest BCUT2D eigenvalue weighted by Gasteiger charge is -2.33. The van der Waals surface area contributed by atoms with Crippen LogP contribution in [0.25, 0.3) is 5.69 Å². The number of likely N-dealkylation sites (tertiary alicyclic amines) is 1. The van der Waals surface area contributed by atoms with Gasteiger partial charge in [0.15, 0.2) is 0 Å². The van der Waals surface area contributed by atoms with Crippen LogP contribution in [0.5, 0.6) is 5.75 Å². The van der Waals surface area contributed by atoms with Gasteiger partial charge in [0, 0.05) is 29.6 Å². The Morgan fingerprint density at radius 2 is 1.93 bits per heavy atom. The monoisotopic (exact) mass is 425 g/mol. The molecule has 0 aliphatic carbocycles. The average molecular weight is 426 g/mol. The first-order valence-corrected chi connectivity index (χ1v) is 10.4. The summed E-state index contributed by atoms with van der Waals surface area (Å²) < 4.78 is 7.25. The van der Waals surface area contributed by atoms with Crippen LogP contribution in [0.3, 0.4) is 0 Å². The van der Waals surface area contributed by atoms with Crippen molar-refractivity contribution in [2.45, 2.75) is 25.4 Å². The van der Waals surface area contributed by atoms with E-state index in [1.807, 2.05) is 39.9 Å². The molecule has 2 heterocycles. The van der Waals surface area contributed by atoms with Gasteiger partial charge in [-0.25, -0.2) is 4.68 Å². The van der Waals surface area contributed by atoms with Gasteiger partial charge >= 0.3 is 0 Å². The summed E-state index contributed by atoms with van der Waals surface area (Å²) in [6, 6.07) is 15.0. The Bertz CT molecular complexity index is 1030. The molecule has 0 bridgehead atoms. The Hall–Kier alpha value is -2.83. The molecule has 1 amide bonds. The molecule has 1 fully saturated rings. The first-order chi connectivity index (χ1) is 14.6. The van der Waals surface area contributed by atoms with Gasteiger partial charge in [0.25, 0.3) is 5.91 Å². The fraction of sp³-hybridized carbons (Fsp3) is 0.304. The van der Waals surface area contributed by atoms with Crippen molar-refractivity contribution in [1.29, 1.82) is 0 Å². The number of hydrogen-bond acceptors (Lipinski definition) is 4. The van der Waals surface area contributed by atoms with Crippen molar-refractivity contribution in [2.24, 2.45) is 0 Å². The lowest BCUT2D eigenvalue weighted by molar-refractivity contribution is 0.0707. The van der Waals surface area contributed by atoms with E-state index >= 15 is 0 Å². The van der Waals surface area contributed by atoms with Gasteiger partial charge in [-0.15, -0.1) is 0 Å². The van der Waals surface area contributed by atoms with Crippen LogP contribution in [-0.4, -0.2) is 45.9 Å². The summed E-state index contributed by atoms with van der Waals surface area (Å²) in [5, 5.41) is 14.9. The summed E-state index contributed by atoms with van der Waals surface area (Å²) in [4.78, 5) is 14.9. The molecule has 1 N–H and O–H groups in total. The number of para-hydroxylation sites is 1. The summed E-state index contributed by atoms with van der Waals surface area (Å²) in [6.45, 7) is 1.18. The number of nitrogens with zero attached hydrogens (tertiary/aromatic N) is 3. The molecule has 3 aromatic rings. The highest BCUT2D eigenvalue weighted by Crippen LogP contribution is 2.33. The van der Waals surface area contributed by atoms with E-state index in [4.69, 9.17) is 16.3 Å². The van der Waals surface area contributed by atoms with Crippen molar-refractivity contribution >= 4 is 17.5 Å². The first kappa shape index (κ1) is 20.4. The molecule has 1 aliphatic heterocycles. The van der Waals surface area contributed by atoms with Crippen LogP contribution in [0.2, 0.25) is 5.02 Å². The highest BCUT2D eigenvalue weighted by Gasteiger charge is 2.29. The van der Waals surface area contributed by atoms with E-state index in [1.54, 1.807) is 31.5 Å². The second-order valence-electron chi connectivity index (χ2n) is 7.37. The number of halogens is 1. The van der Waals surface area contributed by atoms with Gasteiger partial charge in [-0.2, -0.15) is 5.10 Å². The molecule has 0 radical (unpaired) electrons. The summed E-state index contributed by atoms with van der Waals surface area (Å²) >= 11 is 6.10. The predicted molar refractivity (Wildman–Crippen MR) is 115 cm³/mol. The highest BCUT2D eigenvalue weighted by molar-refractivity contribution is 6.31. The molecule has 0 atom stereocenters. The van der Waals surface area contributed by atoms with Crippen molar-refractivity contribution in [3.63, 3.8) is 0 Å². The summed E-state index contributed by atoms with van der Waals surface area (Å²) in [6.07, 6.45) is 3.32. The van der Waals surface area contributed by atoms with Crippen molar-refractivity contribution in [1.82, 2.24) is 14.7 Å². The maximum atomic E-state index is 13.1. The van der Waals surface area contributed by atoms with Gasteiger partial charge in [-0.1, -0.05) is 29.8 Å². The fourth-order valence-corrected chi connectivity index (χ4v) is 4.27. The number of methoxy groups -OCH3 is 1. The molecule has 0 unspecified atom stereocenters. The fourth-order valence-electron chi connectivity index (χ4n) is 4.10. The number of amides is 1. The van der Waals surface area contributed by atoms with E-state index in [0.29, 0.717) is 29.4 Å². The van der Waals surface area contributed by atoms with Crippen molar-refractivity contribution in [3.8, 4) is 11.4 Å².